The van der Waals surface area contributed by atoms with Crippen molar-refractivity contribution in [3.8, 4) is 0 Å². The highest BCUT2D eigenvalue weighted by Crippen LogP contribution is 2.01. The number of rotatable bonds is 6. The first-order valence-corrected chi connectivity index (χ1v) is 5.53. The van der Waals surface area contributed by atoms with Gasteiger partial charge in [0.25, 0.3) is 0 Å². The molecule has 0 spiro atoms. The van der Waals surface area contributed by atoms with Crippen molar-refractivity contribution in [3.63, 3.8) is 0 Å². The monoisotopic (exact) mass is 254 g/mol. The quantitative estimate of drug-likeness (QED) is 0.588. The molecule has 3 N–H and O–H groups in total. The summed E-state index contributed by atoms with van der Waals surface area (Å²) in [7, 11) is 1.69. The number of likely N-dealkylation sites (N-methyl/N-ethyl adjacent to an activating group) is 1. The van der Waals surface area contributed by atoms with Crippen LogP contribution < -0.4 is 10.2 Å². The number of anilines is 1. The van der Waals surface area contributed by atoms with Gasteiger partial charge in [-0.05, 0) is 13.0 Å². The minimum absolute atomic E-state index is 0.00811. The van der Waals surface area contributed by atoms with Crippen molar-refractivity contribution in [2.75, 3.05) is 31.6 Å². The van der Waals surface area contributed by atoms with E-state index < -0.39 is 12.2 Å². The fourth-order valence-corrected chi connectivity index (χ4v) is 1.18. The molecule has 1 amide bonds. The number of aromatic nitrogens is 2. The Bertz CT molecular complexity index is 383. The maximum atomic E-state index is 11.6. The first-order chi connectivity index (χ1) is 8.44. The molecule has 0 radical (unpaired) electrons. The minimum Gasteiger partial charge on any atom is -0.393 e. The molecular weight excluding hydrogens is 236 g/mol. The fraction of sp³-hybridized carbons (Fsp3) is 0.545. The lowest BCUT2D eigenvalue weighted by molar-refractivity contribution is -0.121. The summed E-state index contributed by atoms with van der Waals surface area (Å²) in [6.45, 7) is 1.10. The van der Waals surface area contributed by atoms with Gasteiger partial charge < -0.3 is 20.4 Å². The van der Waals surface area contributed by atoms with Crippen LogP contribution in [0.3, 0.4) is 0 Å². The predicted molar refractivity (Wildman–Crippen MR) is 66.0 cm³/mol. The second-order valence-electron chi connectivity index (χ2n) is 4.34. The van der Waals surface area contributed by atoms with E-state index in [2.05, 4.69) is 15.3 Å². The van der Waals surface area contributed by atoms with Crippen LogP contribution in [0.1, 0.15) is 6.92 Å². The molecule has 0 fully saturated rings. The highest BCUT2D eigenvalue weighted by molar-refractivity contribution is 5.80. The van der Waals surface area contributed by atoms with Gasteiger partial charge in [0.1, 0.15) is 5.60 Å². The molecule has 0 saturated heterocycles. The molecule has 1 heterocycles. The maximum Gasteiger partial charge on any atom is 0.239 e. The number of carbonyl (C=O) groups excluding carboxylic acids is 1. The van der Waals surface area contributed by atoms with Gasteiger partial charge in [-0.3, -0.25) is 4.79 Å². The van der Waals surface area contributed by atoms with Gasteiger partial charge in [0.2, 0.25) is 11.9 Å². The molecule has 0 aliphatic carbocycles. The SMILES string of the molecule is CN(CC(=O)NCC(C)(O)CO)c1ncccn1. The van der Waals surface area contributed by atoms with Crippen LogP contribution in [-0.2, 0) is 4.79 Å². The second kappa shape index (κ2) is 6.27. The molecule has 7 nitrogen and oxygen atoms in total. The zero-order valence-corrected chi connectivity index (χ0v) is 10.5. The zero-order valence-electron chi connectivity index (χ0n) is 10.5. The molecule has 1 unspecified atom stereocenters. The van der Waals surface area contributed by atoms with Crippen molar-refractivity contribution in [2.45, 2.75) is 12.5 Å². The summed E-state index contributed by atoms with van der Waals surface area (Å²) in [5.74, 6) is 0.167. The van der Waals surface area contributed by atoms with E-state index in [0.29, 0.717) is 5.95 Å². The standard InChI is InChI=1S/C11H18N4O3/c1-11(18,8-16)7-14-9(17)6-15(2)10-12-4-3-5-13-10/h3-5,16,18H,6-8H2,1-2H3,(H,14,17). The molecule has 100 valence electrons. The third kappa shape index (κ3) is 4.64. The van der Waals surface area contributed by atoms with Gasteiger partial charge in [-0.2, -0.15) is 0 Å². The van der Waals surface area contributed by atoms with Crippen LogP contribution in [0, 0.1) is 0 Å². The van der Waals surface area contributed by atoms with Crippen LogP contribution in [0.4, 0.5) is 5.95 Å². The van der Waals surface area contributed by atoms with Crippen molar-refractivity contribution in [3.05, 3.63) is 18.5 Å². The molecule has 1 atom stereocenters. The Morgan fingerprint density at radius 3 is 2.67 bits per heavy atom. The lowest BCUT2D eigenvalue weighted by Gasteiger charge is -2.22. The van der Waals surface area contributed by atoms with E-state index in [4.69, 9.17) is 5.11 Å². The molecule has 1 rings (SSSR count). The molecule has 7 heteroatoms. The molecule has 0 bridgehead atoms. The lowest BCUT2D eigenvalue weighted by Crippen LogP contribution is -2.46. The summed E-state index contributed by atoms with van der Waals surface area (Å²) in [5, 5.41) is 20.9. The Labute approximate surface area is 105 Å². The zero-order chi connectivity index (χ0) is 13.6. The van der Waals surface area contributed by atoms with Gasteiger partial charge in [-0.25, -0.2) is 9.97 Å². The number of hydrogen-bond donors (Lipinski definition) is 3. The van der Waals surface area contributed by atoms with E-state index in [9.17, 15) is 9.90 Å². The maximum absolute atomic E-state index is 11.6. The molecule has 0 aliphatic rings. The number of nitrogens with one attached hydrogen (secondary N) is 1. The van der Waals surface area contributed by atoms with Crippen molar-refractivity contribution in [1.29, 1.82) is 0 Å². The number of amides is 1. The van der Waals surface area contributed by atoms with E-state index in [-0.39, 0.29) is 19.0 Å². The number of carbonyl (C=O) groups is 1. The van der Waals surface area contributed by atoms with Gasteiger partial charge in [0.05, 0.1) is 13.2 Å². The van der Waals surface area contributed by atoms with Crippen LogP contribution in [0.25, 0.3) is 0 Å². The Hall–Kier alpha value is -1.73. The van der Waals surface area contributed by atoms with Gasteiger partial charge in [0.15, 0.2) is 0 Å². The third-order valence-electron chi connectivity index (χ3n) is 2.28. The average molecular weight is 254 g/mol. The minimum atomic E-state index is -1.31. The van der Waals surface area contributed by atoms with E-state index in [0.717, 1.165) is 0 Å². The normalized spacial score (nSPS) is 13.8. The van der Waals surface area contributed by atoms with Crippen LogP contribution in [0.2, 0.25) is 0 Å². The van der Waals surface area contributed by atoms with Crippen molar-refractivity contribution >= 4 is 11.9 Å². The van der Waals surface area contributed by atoms with Crippen LogP contribution in [0.15, 0.2) is 18.5 Å². The number of aliphatic hydroxyl groups is 2. The largest absolute Gasteiger partial charge is 0.393 e. The smallest absolute Gasteiger partial charge is 0.239 e. The summed E-state index contributed by atoms with van der Waals surface area (Å²) in [4.78, 5) is 21.2. The third-order valence-corrected chi connectivity index (χ3v) is 2.28. The fourth-order valence-electron chi connectivity index (χ4n) is 1.18. The summed E-state index contributed by atoms with van der Waals surface area (Å²) >= 11 is 0. The number of nitrogens with zero attached hydrogens (tertiary/aromatic N) is 3. The number of aliphatic hydroxyl groups excluding tert-OH is 1. The van der Waals surface area contributed by atoms with Gasteiger partial charge in [0, 0.05) is 26.0 Å². The van der Waals surface area contributed by atoms with E-state index in [1.54, 1.807) is 30.4 Å². The van der Waals surface area contributed by atoms with Gasteiger partial charge in [-0.1, -0.05) is 0 Å². The molecule has 1 aromatic heterocycles. The Morgan fingerprint density at radius 2 is 2.11 bits per heavy atom. The molecule has 1 aromatic rings. The molecular formula is C11H18N4O3. The summed E-state index contributed by atoms with van der Waals surface area (Å²) in [5.41, 5.74) is -1.31. The topological polar surface area (TPSA) is 98.6 Å². The first kappa shape index (κ1) is 14.3. The Kier molecular flexibility index (Phi) is 4.99. The van der Waals surface area contributed by atoms with Crippen molar-refractivity contribution < 1.29 is 15.0 Å². The summed E-state index contributed by atoms with van der Waals surface area (Å²) in [6, 6.07) is 1.69. The van der Waals surface area contributed by atoms with Crippen LogP contribution >= 0.6 is 0 Å². The van der Waals surface area contributed by atoms with Crippen LogP contribution in [-0.4, -0.2) is 58.4 Å². The summed E-state index contributed by atoms with van der Waals surface area (Å²) < 4.78 is 0. The van der Waals surface area contributed by atoms with Gasteiger partial charge in [-0.15, -0.1) is 0 Å². The van der Waals surface area contributed by atoms with E-state index >= 15 is 0 Å². The average Bonchev–Trinajstić information content (AvgIpc) is 2.37. The highest BCUT2D eigenvalue weighted by atomic mass is 16.3. The van der Waals surface area contributed by atoms with Crippen LogP contribution in [0.5, 0.6) is 0 Å². The Balaban J connectivity index is 2.41. The van der Waals surface area contributed by atoms with E-state index in [1.807, 2.05) is 0 Å². The first-order valence-electron chi connectivity index (χ1n) is 5.53. The molecule has 0 aromatic carbocycles. The van der Waals surface area contributed by atoms with E-state index in [1.165, 1.54) is 6.92 Å². The molecule has 18 heavy (non-hydrogen) atoms. The summed E-state index contributed by atoms with van der Waals surface area (Å²) in [6.07, 6.45) is 3.18. The van der Waals surface area contributed by atoms with Gasteiger partial charge >= 0.3 is 0 Å². The Morgan fingerprint density at radius 1 is 1.50 bits per heavy atom. The lowest BCUT2D eigenvalue weighted by atomic mass is 10.1. The second-order valence-corrected chi connectivity index (χ2v) is 4.34. The van der Waals surface area contributed by atoms with Crippen molar-refractivity contribution in [2.24, 2.45) is 0 Å². The predicted octanol–water partition coefficient (Wildman–Crippen LogP) is -1.23. The highest BCUT2D eigenvalue weighted by Gasteiger charge is 2.20. The molecule has 0 saturated carbocycles. The number of hydrogen-bond acceptors (Lipinski definition) is 6. The molecule has 0 aliphatic heterocycles. The van der Waals surface area contributed by atoms with Crippen molar-refractivity contribution in [1.82, 2.24) is 15.3 Å².